The van der Waals surface area contributed by atoms with E-state index in [9.17, 15) is 4.39 Å². The fraction of sp³-hybridized carbons (Fsp3) is 0.545. The van der Waals surface area contributed by atoms with Gasteiger partial charge in [0.25, 0.3) is 0 Å². The van der Waals surface area contributed by atoms with E-state index < -0.39 is 0 Å². The van der Waals surface area contributed by atoms with E-state index in [1.54, 1.807) is 0 Å². The van der Waals surface area contributed by atoms with Gasteiger partial charge in [0.1, 0.15) is 5.82 Å². The first kappa shape index (κ1) is 10.9. The van der Waals surface area contributed by atoms with Crippen LogP contribution in [0.15, 0.2) is 6.20 Å². The average Bonchev–Trinajstić information content (AvgIpc) is 2.66. The van der Waals surface area contributed by atoms with E-state index in [1.807, 2.05) is 13.2 Å². The van der Waals surface area contributed by atoms with Crippen molar-refractivity contribution in [1.29, 1.82) is 0 Å². The van der Waals surface area contributed by atoms with Gasteiger partial charge in [-0.15, -0.1) is 0 Å². The van der Waals surface area contributed by atoms with Crippen LogP contribution in [0.4, 0.5) is 4.39 Å². The van der Waals surface area contributed by atoms with Crippen molar-refractivity contribution < 1.29 is 8.57 Å². The summed E-state index contributed by atoms with van der Waals surface area (Å²) in [6.07, 6.45) is 4.90. The fourth-order valence-electron chi connectivity index (χ4n) is 2.10. The number of fused-ring (bicyclic) bond motifs is 1. The van der Waals surface area contributed by atoms with E-state index in [1.165, 1.54) is 18.2 Å². The molecule has 1 heterocycles. The number of hydrogen-bond donors (Lipinski definition) is 0. The normalized spacial score (nSPS) is 19.3. The molecule has 1 aliphatic rings. The monoisotopic (exact) mass is 227 g/mol. The minimum atomic E-state index is -0.165. The number of rotatable bonds is 3. The summed E-state index contributed by atoms with van der Waals surface area (Å²) < 4.78 is 18.8. The number of nitrogens with zero attached hydrogens (tertiary/aromatic N) is 1. The lowest BCUT2D eigenvalue weighted by atomic mass is 10.1. The molecule has 1 aliphatic carbocycles. The molecule has 0 radical (unpaired) electrons. The largest absolute Gasteiger partial charge is 0.315 e. The molecule has 0 N–H and O–H groups in total. The molecule has 0 unspecified atom stereocenters. The third-order valence-electron chi connectivity index (χ3n) is 2.87. The van der Waals surface area contributed by atoms with Gasteiger partial charge >= 0.3 is 0 Å². The predicted octanol–water partition coefficient (Wildman–Crippen LogP) is 2.54. The van der Waals surface area contributed by atoms with Gasteiger partial charge in [0.15, 0.2) is 0 Å². The molecule has 0 amide bonds. The molecule has 1 atom stereocenters. The second kappa shape index (κ2) is 4.49. The zero-order chi connectivity index (χ0) is 10.8. The van der Waals surface area contributed by atoms with E-state index in [4.69, 9.17) is 4.18 Å². The highest BCUT2D eigenvalue weighted by molar-refractivity contribution is 7.93. The van der Waals surface area contributed by atoms with Crippen LogP contribution in [0.5, 0.6) is 0 Å². The highest BCUT2D eigenvalue weighted by Gasteiger charge is 2.26. The molecular weight excluding hydrogens is 213 g/mol. The number of aryl methyl sites for hydroxylation is 1. The first-order valence-electron chi connectivity index (χ1n) is 5.00. The zero-order valence-corrected chi connectivity index (χ0v) is 9.73. The van der Waals surface area contributed by atoms with Gasteiger partial charge < -0.3 is 4.18 Å². The molecule has 0 aliphatic heterocycles. The lowest BCUT2D eigenvalue weighted by Crippen LogP contribution is -2.06. The third kappa shape index (κ3) is 2.16. The van der Waals surface area contributed by atoms with Gasteiger partial charge in [-0.2, -0.15) is 0 Å². The van der Waals surface area contributed by atoms with Crippen LogP contribution in [0.3, 0.4) is 0 Å². The number of halogens is 1. The maximum atomic E-state index is 13.5. The van der Waals surface area contributed by atoms with Crippen molar-refractivity contribution in [1.82, 2.24) is 4.98 Å². The Morgan fingerprint density at radius 2 is 2.27 bits per heavy atom. The molecule has 1 aromatic heterocycles. The van der Waals surface area contributed by atoms with Gasteiger partial charge in [-0.3, -0.25) is 4.98 Å². The van der Waals surface area contributed by atoms with E-state index in [-0.39, 0.29) is 5.82 Å². The zero-order valence-electron chi connectivity index (χ0n) is 8.92. The van der Waals surface area contributed by atoms with Gasteiger partial charge in [0, 0.05) is 11.9 Å². The lowest BCUT2D eigenvalue weighted by molar-refractivity contribution is 0.295. The first-order valence-corrected chi connectivity index (χ1v) is 6.15. The quantitative estimate of drug-likeness (QED) is 0.741. The summed E-state index contributed by atoms with van der Waals surface area (Å²) in [6.45, 7) is 2.63. The summed E-state index contributed by atoms with van der Waals surface area (Å²) >= 11 is 1.37. The highest BCUT2D eigenvalue weighted by atomic mass is 32.2. The van der Waals surface area contributed by atoms with Crippen LogP contribution >= 0.6 is 12.0 Å². The Hall–Kier alpha value is -0.610. The number of hydrogen-bond acceptors (Lipinski definition) is 3. The smallest absolute Gasteiger partial charge is 0.144 e. The van der Waals surface area contributed by atoms with E-state index in [0.717, 1.165) is 29.7 Å². The molecule has 0 aromatic carbocycles. The fourth-order valence-corrected chi connectivity index (χ4v) is 2.42. The Morgan fingerprint density at radius 1 is 1.53 bits per heavy atom. The Balaban J connectivity index is 2.15. The molecule has 2 rings (SSSR count). The molecule has 4 heteroatoms. The summed E-state index contributed by atoms with van der Waals surface area (Å²) in [6, 6.07) is 0. The minimum absolute atomic E-state index is 0.165. The Morgan fingerprint density at radius 3 is 2.93 bits per heavy atom. The van der Waals surface area contributed by atoms with Gasteiger partial charge in [0.05, 0.1) is 12.8 Å². The van der Waals surface area contributed by atoms with Crippen LogP contribution in [-0.4, -0.2) is 17.8 Å². The van der Waals surface area contributed by atoms with Crippen LogP contribution < -0.4 is 0 Å². The van der Waals surface area contributed by atoms with Crippen molar-refractivity contribution in [3.8, 4) is 0 Å². The molecule has 82 valence electrons. The second-order valence-corrected chi connectivity index (χ2v) is 4.44. The third-order valence-corrected chi connectivity index (χ3v) is 3.24. The Labute approximate surface area is 93.4 Å². The highest BCUT2D eigenvalue weighted by Crippen LogP contribution is 2.30. The molecule has 15 heavy (non-hydrogen) atoms. The van der Waals surface area contributed by atoms with Crippen LogP contribution in [0, 0.1) is 18.7 Å². The first-order chi connectivity index (χ1) is 7.22. The minimum Gasteiger partial charge on any atom is -0.315 e. The maximum absolute atomic E-state index is 13.5. The molecule has 0 fully saturated rings. The van der Waals surface area contributed by atoms with Crippen molar-refractivity contribution in [3.63, 3.8) is 0 Å². The van der Waals surface area contributed by atoms with Gasteiger partial charge in [0.2, 0.25) is 0 Å². The van der Waals surface area contributed by atoms with Gasteiger partial charge in [-0.05, 0) is 48.9 Å². The number of pyridine rings is 1. The van der Waals surface area contributed by atoms with Crippen molar-refractivity contribution in [3.05, 3.63) is 28.8 Å². The lowest BCUT2D eigenvalue weighted by Gasteiger charge is -2.06. The predicted molar refractivity (Wildman–Crippen MR) is 59.3 cm³/mol. The standard InChI is InChI=1S/C11H14FNOS/c1-7-9-3-8(6-14-15-2)4-10(9)11(12)5-13-7/h5,8H,3-4,6H2,1-2H3/t8-/m1/s1. The molecule has 0 bridgehead atoms. The second-order valence-electron chi connectivity index (χ2n) is 3.87. The topological polar surface area (TPSA) is 22.1 Å². The molecule has 0 spiro atoms. The molecular formula is C11H14FNOS. The summed E-state index contributed by atoms with van der Waals surface area (Å²) in [5.74, 6) is 0.243. The molecule has 0 saturated heterocycles. The van der Waals surface area contributed by atoms with Crippen molar-refractivity contribution >= 4 is 12.0 Å². The van der Waals surface area contributed by atoms with Gasteiger partial charge in [-0.25, -0.2) is 4.39 Å². The SMILES string of the molecule is CSOC[C@H]1Cc2c(F)cnc(C)c2C1. The van der Waals surface area contributed by atoms with Gasteiger partial charge in [-0.1, -0.05) is 0 Å². The van der Waals surface area contributed by atoms with Crippen molar-refractivity contribution in [2.75, 3.05) is 12.9 Å². The van der Waals surface area contributed by atoms with E-state index in [0.29, 0.717) is 12.5 Å². The van der Waals surface area contributed by atoms with Crippen LogP contribution in [0.2, 0.25) is 0 Å². The average molecular weight is 227 g/mol. The van der Waals surface area contributed by atoms with Crippen molar-refractivity contribution in [2.45, 2.75) is 19.8 Å². The van der Waals surface area contributed by atoms with Crippen molar-refractivity contribution in [2.24, 2.45) is 5.92 Å². The van der Waals surface area contributed by atoms with Crippen LogP contribution in [0.25, 0.3) is 0 Å². The summed E-state index contributed by atoms with van der Waals surface area (Å²) in [5.41, 5.74) is 2.89. The summed E-state index contributed by atoms with van der Waals surface area (Å²) in [4.78, 5) is 4.04. The van der Waals surface area contributed by atoms with E-state index in [2.05, 4.69) is 4.98 Å². The van der Waals surface area contributed by atoms with Crippen LogP contribution in [0.1, 0.15) is 16.8 Å². The summed E-state index contributed by atoms with van der Waals surface area (Å²) in [7, 11) is 0. The molecule has 2 nitrogen and oxygen atoms in total. The Bertz CT molecular complexity index is 339. The number of aromatic nitrogens is 1. The Kier molecular flexibility index (Phi) is 3.26. The molecule has 1 aromatic rings. The maximum Gasteiger partial charge on any atom is 0.144 e. The van der Waals surface area contributed by atoms with E-state index >= 15 is 0 Å². The molecule has 0 saturated carbocycles. The van der Waals surface area contributed by atoms with Crippen LogP contribution in [-0.2, 0) is 17.0 Å². The summed E-state index contributed by atoms with van der Waals surface area (Å²) in [5, 5.41) is 0.